The molecule has 31 heavy (non-hydrogen) atoms. The second-order valence-corrected chi connectivity index (χ2v) is 9.26. The molecule has 3 amide bonds. The third-order valence-corrected chi connectivity index (χ3v) is 7.06. The number of carbonyl (C=O) groups excluding carboxylic acids is 3. The van der Waals surface area contributed by atoms with E-state index in [1.165, 1.54) is 28.0 Å². The van der Waals surface area contributed by atoms with Crippen LogP contribution in [-0.4, -0.2) is 81.1 Å². The molecule has 0 saturated carbocycles. The Morgan fingerprint density at radius 1 is 1.26 bits per heavy atom. The Morgan fingerprint density at radius 2 is 1.94 bits per heavy atom. The number of aliphatic hydroxyl groups excluding tert-OH is 1. The molecule has 0 aromatic heterocycles. The van der Waals surface area contributed by atoms with Gasteiger partial charge in [0.1, 0.15) is 11.5 Å². The van der Waals surface area contributed by atoms with Gasteiger partial charge in [-0.1, -0.05) is 17.7 Å². The van der Waals surface area contributed by atoms with Crippen molar-refractivity contribution in [3.63, 3.8) is 0 Å². The van der Waals surface area contributed by atoms with Gasteiger partial charge < -0.3 is 25.4 Å². The zero-order valence-corrected chi connectivity index (χ0v) is 18.1. The van der Waals surface area contributed by atoms with Gasteiger partial charge in [-0.15, -0.1) is 0 Å². The molecule has 2 heterocycles. The second kappa shape index (κ2) is 9.49. The molecule has 2 saturated heterocycles. The molecule has 2 aliphatic rings. The first-order valence-corrected chi connectivity index (χ1v) is 11.4. The Balaban J connectivity index is 1.86. The highest BCUT2D eigenvalue weighted by molar-refractivity contribution is 7.89. The number of sulfonamides is 1. The fourth-order valence-corrected chi connectivity index (χ4v) is 5.19. The maximum Gasteiger partial charge on any atom is 0.253 e. The number of anilines is 1. The smallest absolute Gasteiger partial charge is 0.253 e. The van der Waals surface area contributed by atoms with Gasteiger partial charge in [-0.2, -0.15) is 4.72 Å². The third kappa shape index (κ3) is 5.15. The number of piperidine rings is 1. The van der Waals surface area contributed by atoms with Gasteiger partial charge in [0.25, 0.3) is 5.91 Å². The van der Waals surface area contributed by atoms with Gasteiger partial charge in [0.2, 0.25) is 21.8 Å². The van der Waals surface area contributed by atoms with Crippen molar-refractivity contribution in [1.29, 1.82) is 0 Å². The number of rotatable bonds is 6. The molecule has 2 fully saturated rings. The van der Waals surface area contributed by atoms with E-state index in [0.29, 0.717) is 12.8 Å². The molecule has 2 aliphatic heterocycles. The molecular formula is C18H23ClN4O7S. The number of benzene rings is 1. The minimum atomic E-state index is -4.46. The van der Waals surface area contributed by atoms with E-state index in [1.54, 1.807) is 0 Å². The number of nitrogens with zero attached hydrogens (tertiary/aromatic N) is 2. The Hall–Kier alpha value is -2.25. The van der Waals surface area contributed by atoms with E-state index in [0.717, 1.165) is 0 Å². The predicted octanol–water partition coefficient (Wildman–Crippen LogP) is -1.18. The van der Waals surface area contributed by atoms with Crippen LogP contribution in [0.4, 0.5) is 5.69 Å². The van der Waals surface area contributed by atoms with Crippen molar-refractivity contribution in [1.82, 2.24) is 9.62 Å². The standard InChI is InChI=1S/C18H23ClN4O7S/c19-15-12(23-8-9-30-10-14(23)25)2-1-3-13(15)31(28,29)21-16(17(20)26)18(27)22-6-4-11(24)5-7-22/h1-3,11,16,21,24H,4-10H2,(H2,20,26)/t16-/m0/s1. The number of carbonyl (C=O) groups is 3. The number of primary amides is 1. The number of nitrogens with one attached hydrogen (secondary N) is 1. The Bertz CT molecular complexity index is 979. The first kappa shape index (κ1) is 23.4. The molecule has 0 unspecified atom stereocenters. The van der Waals surface area contributed by atoms with E-state index in [9.17, 15) is 27.9 Å². The Labute approximate surface area is 184 Å². The Kier molecular flexibility index (Phi) is 7.17. The lowest BCUT2D eigenvalue weighted by Crippen LogP contribution is -2.56. The lowest BCUT2D eigenvalue weighted by atomic mass is 10.1. The van der Waals surface area contributed by atoms with Crippen molar-refractivity contribution < 1.29 is 32.6 Å². The van der Waals surface area contributed by atoms with Crippen LogP contribution in [0.3, 0.4) is 0 Å². The van der Waals surface area contributed by atoms with Gasteiger partial charge in [-0.3, -0.25) is 14.4 Å². The van der Waals surface area contributed by atoms with Crippen LogP contribution in [0.25, 0.3) is 0 Å². The van der Waals surface area contributed by atoms with Crippen LogP contribution in [0.15, 0.2) is 23.1 Å². The maximum atomic E-state index is 13.0. The molecular weight excluding hydrogens is 452 g/mol. The van der Waals surface area contributed by atoms with Crippen LogP contribution >= 0.6 is 11.6 Å². The quantitative estimate of drug-likeness (QED) is 0.437. The Morgan fingerprint density at radius 3 is 2.55 bits per heavy atom. The van der Waals surface area contributed by atoms with Gasteiger partial charge in [0, 0.05) is 19.6 Å². The summed E-state index contributed by atoms with van der Waals surface area (Å²) < 4.78 is 33.1. The molecule has 1 atom stereocenters. The summed E-state index contributed by atoms with van der Waals surface area (Å²) in [6.45, 7) is 0.634. The summed E-state index contributed by atoms with van der Waals surface area (Å²) in [6, 6.07) is 2.23. The molecule has 1 aromatic carbocycles. The highest BCUT2D eigenvalue weighted by Gasteiger charge is 2.36. The molecule has 170 valence electrons. The largest absolute Gasteiger partial charge is 0.393 e. The summed E-state index contributed by atoms with van der Waals surface area (Å²) in [5.41, 5.74) is 5.47. The monoisotopic (exact) mass is 474 g/mol. The summed E-state index contributed by atoms with van der Waals surface area (Å²) in [7, 11) is -4.46. The zero-order chi connectivity index (χ0) is 22.8. The number of morpholine rings is 1. The lowest BCUT2D eigenvalue weighted by Gasteiger charge is -2.32. The molecule has 0 spiro atoms. The van der Waals surface area contributed by atoms with Crippen LogP contribution in [-0.2, 0) is 29.1 Å². The summed E-state index contributed by atoms with van der Waals surface area (Å²) in [6.07, 6.45) is 0.0637. The number of halogens is 1. The molecule has 13 heteroatoms. The molecule has 1 aromatic rings. The summed E-state index contributed by atoms with van der Waals surface area (Å²) in [5, 5.41) is 9.35. The topological polar surface area (TPSA) is 159 Å². The molecule has 0 radical (unpaired) electrons. The fraction of sp³-hybridized carbons (Fsp3) is 0.500. The van der Waals surface area contributed by atoms with Crippen LogP contribution in [0.1, 0.15) is 12.8 Å². The fourth-order valence-electron chi connectivity index (χ4n) is 3.41. The molecule has 11 nitrogen and oxygen atoms in total. The SMILES string of the molecule is NC(=O)[C@H](NS(=O)(=O)c1cccc(N2CCOCC2=O)c1Cl)C(=O)N1CCC(O)CC1. The van der Waals surface area contributed by atoms with E-state index in [2.05, 4.69) is 0 Å². The first-order chi connectivity index (χ1) is 14.6. The van der Waals surface area contributed by atoms with Crippen LogP contribution in [0.5, 0.6) is 0 Å². The van der Waals surface area contributed by atoms with E-state index in [-0.39, 0.29) is 49.5 Å². The number of hydrogen-bond acceptors (Lipinski definition) is 7. The molecule has 0 aliphatic carbocycles. The highest BCUT2D eigenvalue weighted by atomic mass is 35.5. The van der Waals surface area contributed by atoms with Crippen molar-refractivity contribution in [2.45, 2.75) is 29.9 Å². The van der Waals surface area contributed by atoms with E-state index < -0.39 is 38.9 Å². The number of likely N-dealkylation sites (tertiary alicyclic amines) is 1. The van der Waals surface area contributed by atoms with Crippen molar-refractivity contribution in [3.05, 3.63) is 23.2 Å². The normalized spacial score (nSPS) is 19.4. The molecule has 0 bridgehead atoms. The summed E-state index contributed by atoms with van der Waals surface area (Å²) >= 11 is 6.31. The third-order valence-electron chi connectivity index (χ3n) is 5.09. The minimum absolute atomic E-state index is 0.158. The first-order valence-electron chi connectivity index (χ1n) is 9.57. The molecule has 3 rings (SSSR count). The van der Waals surface area contributed by atoms with Crippen LogP contribution in [0, 0.1) is 0 Å². The molecule has 4 N–H and O–H groups in total. The minimum Gasteiger partial charge on any atom is -0.393 e. The average Bonchev–Trinajstić information content (AvgIpc) is 2.72. The lowest BCUT2D eigenvalue weighted by molar-refractivity contribution is -0.139. The van der Waals surface area contributed by atoms with E-state index in [1.807, 2.05) is 4.72 Å². The number of nitrogens with two attached hydrogens (primary N) is 1. The predicted molar refractivity (Wildman–Crippen MR) is 110 cm³/mol. The summed E-state index contributed by atoms with van der Waals surface area (Å²) in [4.78, 5) is 38.9. The van der Waals surface area contributed by atoms with Crippen molar-refractivity contribution in [2.24, 2.45) is 5.73 Å². The average molecular weight is 475 g/mol. The maximum absolute atomic E-state index is 13.0. The second-order valence-electron chi connectivity index (χ2n) is 7.20. The van der Waals surface area contributed by atoms with Crippen molar-refractivity contribution in [2.75, 3.05) is 37.7 Å². The number of hydrogen-bond donors (Lipinski definition) is 3. The number of aliphatic hydroxyl groups is 1. The van der Waals surface area contributed by atoms with Crippen LogP contribution in [0.2, 0.25) is 5.02 Å². The highest BCUT2D eigenvalue weighted by Crippen LogP contribution is 2.33. The van der Waals surface area contributed by atoms with Gasteiger partial charge in [-0.05, 0) is 25.0 Å². The van der Waals surface area contributed by atoms with Gasteiger partial charge in [0.15, 0.2) is 6.04 Å². The van der Waals surface area contributed by atoms with Crippen molar-refractivity contribution in [3.8, 4) is 0 Å². The summed E-state index contributed by atoms with van der Waals surface area (Å²) in [5.74, 6) is -2.36. The van der Waals surface area contributed by atoms with E-state index >= 15 is 0 Å². The number of ether oxygens (including phenoxy) is 1. The van der Waals surface area contributed by atoms with Crippen molar-refractivity contribution >= 4 is 45.0 Å². The van der Waals surface area contributed by atoms with E-state index in [4.69, 9.17) is 22.1 Å². The van der Waals surface area contributed by atoms with Gasteiger partial charge in [0.05, 0.1) is 23.4 Å². The van der Waals surface area contributed by atoms with Gasteiger partial charge >= 0.3 is 0 Å². The zero-order valence-electron chi connectivity index (χ0n) is 16.5. The van der Waals surface area contributed by atoms with Gasteiger partial charge in [-0.25, -0.2) is 8.42 Å². The number of amides is 3. The van der Waals surface area contributed by atoms with Crippen LogP contribution < -0.4 is 15.4 Å².